The molecule has 4 heterocycles. The van der Waals surface area contributed by atoms with Crippen molar-refractivity contribution in [1.29, 1.82) is 0 Å². The van der Waals surface area contributed by atoms with Gasteiger partial charge in [-0.1, -0.05) is 0 Å². The zero-order valence-electron chi connectivity index (χ0n) is 16.3. The average molecular weight is 380 g/mol. The number of hydrogen-bond donors (Lipinski definition) is 1. The number of fused-ring (bicyclic) bond motifs is 1. The molecule has 0 radical (unpaired) electrons. The number of nitrogens with zero attached hydrogens (tertiary/aromatic N) is 7. The van der Waals surface area contributed by atoms with Crippen LogP contribution in [0.1, 0.15) is 36.1 Å². The molecule has 1 amide bonds. The van der Waals surface area contributed by atoms with E-state index in [9.17, 15) is 4.79 Å². The van der Waals surface area contributed by atoms with E-state index in [4.69, 9.17) is 0 Å². The molecule has 28 heavy (non-hydrogen) atoms. The van der Waals surface area contributed by atoms with E-state index in [2.05, 4.69) is 42.3 Å². The normalized spacial score (nSPS) is 18.0. The number of likely N-dealkylation sites (N-methyl/N-ethyl adjacent to an activating group) is 1. The topological polar surface area (TPSA) is 91.5 Å². The number of carbonyl (C=O) groups is 1. The summed E-state index contributed by atoms with van der Waals surface area (Å²) in [6.07, 6.45) is 5.32. The number of carbonyl (C=O) groups excluding carboxylic acids is 1. The molecule has 1 aliphatic rings. The maximum absolute atomic E-state index is 12.4. The lowest BCUT2D eigenvalue weighted by Crippen LogP contribution is -2.48. The van der Waals surface area contributed by atoms with Crippen LogP contribution in [0, 0.1) is 0 Å². The van der Waals surface area contributed by atoms with Crippen LogP contribution in [0.4, 0.5) is 5.95 Å². The van der Waals surface area contributed by atoms with Gasteiger partial charge in [0.05, 0.1) is 11.6 Å². The van der Waals surface area contributed by atoms with E-state index < -0.39 is 0 Å². The number of amides is 1. The highest BCUT2D eigenvalue weighted by Crippen LogP contribution is 2.25. The summed E-state index contributed by atoms with van der Waals surface area (Å²) in [5.74, 6) is 1.41. The first-order valence-corrected chi connectivity index (χ1v) is 9.40. The van der Waals surface area contributed by atoms with E-state index in [0.29, 0.717) is 18.1 Å². The lowest BCUT2D eigenvalue weighted by molar-refractivity contribution is 0.0942. The van der Waals surface area contributed by atoms with Crippen molar-refractivity contribution in [2.45, 2.75) is 25.9 Å². The summed E-state index contributed by atoms with van der Waals surface area (Å²) in [5.41, 5.74) is 1.31. The fourth-order valence-corrected chi connectivity index (χ4v) is 3.40. The van der Waals surface area contributed by atoms with Crippen LogP contribution in [0.25, 0.3) is 5.65 Å². The lowest BCUT2D eigenvalue weighted by atomic mass is 10.1. The molecule has 0 aromatic carbocycles. The van der Waals surface area contributed by atoms with Crippen LogP contribution in [0.5, 0.6) is 0 Å². The van der Waals surface area contributed by atoms with E-state index >= 15 is 0 Å². The van der Waals surface area contributed by atoms with Gasteiger partial charge in [0.15, 0.2) is 11.5 Å². The Labute approximate surface area is 163 Å². The molecule has 3 aromatic heterocycles. The van der Waals surface area contributed by atoms with E-state index in [0.717, 1.165) is 24.6 Å². The summed E-state index contributed by atoms with van der Waals surface area (Å²) in [7, 11) is 2.07. The lowest BCUT2D eigenvalue weighted by Gasteiger charge is -2.38. The molecule has 3 aromatic rings. The van der Waals surface area contributed by atoms with Gasteiger partial charge in [0.2, 0.25) is 5.95 Å². The zero-order valence-corrected chi connectivity index (χ0v) is 16.3. The molecule has 0 aliphatic carbocycles. The van der Waals surface area contributed by atoms with E-state index in [1.165, 1.54) is 0 Å². The van der Waals surface area contributed by atoms with Crippen LogP contribution in [0.15, 0.2) is 36.8 Å². The van der Waals surface area contributed by atoms with Gasteiger partial charge < -0.3 is 10.2 Å². The molecule has 9 nitrogen and oxygen atoms in total. The fourth-order valence-electron chi connectivity index (χ4n) is 3.40. The molecule has 146 valence electrons. The summed E-state index contributed by atoms with van der Waals surface area (Å²) in [5, 5.41) is 11.6. The summed E-state index contributed by atoms with van der Waals surface area (Å²) in [6.45, 7) is 6.28. The number of piperazine rings is 1. The van der Waals surface area contributed by atoms with Crippen molar-refractivity contribution in [2.75, 3.05) is 31.6 Å². The Hall–Kier alpha value is -3.07. The van der Waals surface area contributed by atoms with Gasteiger partial charge in [-0.15, -0.1) is 10.2 Å². The van der Waals surface area contributed by atoms with Gasteiger partial charge in [0.25, 0.3) is 5.91 Å². The van der Waals surface area contributed by atoms with Gasteiger partial charge in [-0.3, -0.25) is 14.1 Å². The van der Waals surface area contributed by atoms with Crippen LogP contribution in [-0.2, 0) is 0 Å². The molecule has 1 unspecified atom stereocenters. The second kappa shape index (κ2) is 7.51. The van der Waals surface area contributed by atoms with E-state index in [1.54, 1.807) is 18.5 Å². The van der Waals surface area contributed by atoms with Crippen molar-refractivity contribution in [2.24, 2.45) is 0 Å². The largest absolute Gasteiger partial charge is 0.350 e. The van der Waals surface area contributed by atoms with Crippen molar-refractivity contribution in [1.82, 2.24) is 34.8 Å². The predicted molar refractivity (Wildman–Crippen MR) is 105 cm³/mol. The Kier molecular flexibility index (Phi) is 4.91. The highest BCUT2D eigenvalue weighted by atomic mass is 16.1. The van der Waals surface area contributed by atoms with Gasteiger partial charge in [0.1, 0.15) is 0 Å². The SMILES string of the molecule is CC(C)NC(=O)c1ccc2nnc(C3CN(c4ncccn4)CCN3C)n2c1. The van der Waals surface area contributed by atoms with Crippen LogP contribution >= 0.6 is 0 Å². The minimum atomic E-state index is -0.104. The third-order valence-corrected chi connectivity index (χ3v) is 4.89. The van der Waals surface area contributed by atoms with Crippen LogP contribution < -0.4 is 10.2 Å². The molecule has 0 spiro atoms. The summed E-state index contributed by atoms with van der Waals surface area (Å²) >= 11 is 0. The molecular formula is C19H24N8O. The first-order valence-electron chi connectivity index (χ1n) is 9.40. The third kappa shape index (κ3) is 3.53. The smallest absolute Gasteiger partial charge is 0.252 e. The molecule has 1 fully saturated rings. The fraction of sp³-hybridized carbons (Fsp3) is 0.421. The molecule has 1 saturated heterocycles. The minimum absolute atomic E-state index is 0.0102. The minimum Gasteiger partial charge on any atom is -0.350 e. The maximum atomic E-state index is 12.4. The van der Waals surface area contributed by atoms with Crippen molar-refractivity contribution >= 4 is 17.5 Å². The van der Waals surface area contributed by atoms with Crippen molar-refractivity contribution < 1.29 is 4.79 Å². The molecule has 9 heteroatoms. The summed E-state index contributed by atoms with van der Waals surface area (Å²) < 4.78 is 1.91. The average Bonchev–Trinajstić information content (AvgIpc) is 3.11. The molecule has 1 aliphatic heterocycles. The van der Waals surface area contributed by atoms with Crippen LogP contribution in [0.3, 0.4) is 0 Å². The second-order valence-corrected chi connectivity index (χ2v) is 7.32. The first-order chi connectivity index (χ1) is 13.5. The molecule has 4 rings (SSSR count). The van der Waals surface area contributed by atoms with Crippen molar-refractivity contribution in [3.05, 3.63) is 48.2 Å². The predicted octanol–water partition coefficient (Wildman–Crippen LogP) is 1.15. The Balaban J connectivity index is 1.66. The molecule has 0 saturated carbocycles. The Morgan fingerprint density at radius 1 is 1.18 bits per heavy atom. The monoisotopic (exact) mass is 380 g/mol. The quantitative estimate of drug-likeness (QED) is 0.726. The molecule has 1 atom stereocenters. The maximum Gasteiger partial charge on any atom is 0.252 e. The van der Waals surface area contributed by atoms with Crippen molar-refractivity contribution in [3.63, 3.8) is 0 Å². The molecular weight excluding hydrogens is 356 g/mol. The van der Waals surface area contributed by atoms with E-state index in [-0.39, 0.29) is 18.0 Å². The standard InChI is InChI=1S/C19H24N8O/c1-13(2)22-18(28)14-5-6-16-23-24-17(27(16)11-14)15-12-26(10-9-25(15)3)19-20-7-4-8-21-19/h4-8,11,13,15H,9-10,12H2,1-3H3,(H,22,28). The Bertz CT molecular complexity index is 970. The zero-order chi connectivity index (χ0) is 19.7. The van der Waals surface area contributed by atoms with Gasteiger partial charge >= 0.3 is 0 Å². The van der Waals surface area contributed by atoms with Crippen LogP contribution in [0.2, 0.25) is 0 Å². The highest BCUT2D eigenvalue weighted by molar-refractivity contribution is 5.94. The van der Waals surface area contributed by atoms with E-state index in [1.807, 2.05) is 36.6 Å². The Morgan fingerprint density at radius 2 is 1.96 bits per heavy atom. The van der Waals surface area contributed by atoms with Gasteiger partial charge in [0, 0.05) is 44.3 Å². The number of rotatable bonds is 4. The number of pyridine rings is 1. The van der Waals surface area contributed by atoms with Crippen molar-refractivity contribution in [3.8, 4) is 0 Å². The first kappa shape index (κ1) is 18.3. The van der Waals surface area contributed by atoms with Gasteiger partial charge in [-0.25, -0.2) is 9.97 Å². The number of hydrogen-bond acceptors (Lipinski definition) is 7. The highest BCUT2D eigenvalue weighted by Gasteiger charge is 2.30. The Morgan fingerprint density at radius 3 is 2.71 bits per heavy atom. The third-order valence-electron chi connectivity index (χ3n) is 4.89. The second-order valence-electron chi connectivity index (χ2n) is 7.32. The molecule has 1 N–H and O–H groups in total. The van der Waals surface area contributed by atoms with Gasteiger partial charge in [-0.2, -0.15) is 0 Å². The summed E-state index contributed by atoms with van der Waals surface area (Å²) in [4.78, 5) is 25.6. The molecule has 0 bridgehead atoms. The summed E-state index contributed by atoms with van der Waals surface area (Å²) in [6, 6.07) is 5.50. The van der Waals surface area contributed by atoms with Gasteiger partial charge in [-0.05, 0) is 39.1 Å². The number of anilines is 1. The number of nitrogens with one attached hydrogen (secondary N) is 1. The van der Waals surface area contributed by atoms with Crippen LogP contribution in [-0.4, -0.2) is 68.1 Å². The number of aromatic nitrogens is 5.